The summed E-state index contributed by atoms with van der Waals surface area (Å²) in [5.74, 6) is 0. The monoisotopic (exact) mass is 310 g/mol. The molecule has 0 aromatic carbocycles. The van der Waals surface area contributed by atoms with Gasteiger partial charge >= 0.3 is 0 Å². The fourth-order valence-electron chi connectivity index (χ4n) is 1.53. The first kappa shape index (κ1) is 12.4. The third-order valence-electron chi connectivity index (χ3n) is 2.15. The van der Waals surface area contributed by atoms with Crippen LogP contribution in [0.2, 0.25) is 19.6 Å². The van der Waals surface area contributed by atoms with Crippen LogP contribution in [0.1, 0.15) is 0 Å². The van der Waals surface area contributed by atoms with Crippen molar-refractivity contribution in [1.29, 1.82) is 0 Å². The van der Waals surface area contributed by atoms with E-state index in [1.165, 1.54) is 0 Å². The molecule has 0 amide bonds. The molecule has 2 aromatic rings. The number of rotatable bonds is 3. The molecule has 0 aliphatic carbocycles. The summed E-state index contributed by atoms with van der Waals surface area (Å²) in [4.78, 5) is 4.37. The first-order valence-electron chi connectivity index (χ1n) is 5.47. The zero-order valence-corrected chi connectivity index (χ0v) is 12.8. The van der Waals surface area contributed by atoms with E-state index in [9.17, 15) is 0 Å². The van der Waals surface area contributed by atoms with Crippen molar-refractivity contribution in [3.05, 3.63) is 29.0 Å². The second-order valence-corrected chi connectivity index (χ2v) is 11.5. The Morgan fingerprint density at radius 1 is 1.24 bits per heavy atom. The highest BCUT2D eigenvalue weighted by atomic mass is 79.9. The molecule has 2 rings (SSSR count). The van der Waals surface area contributed by atoms with Gasteiger partial charge in [0.2, 0.25) is 0 Å². The standard InChI is InChI=1S/C11H15BrN4Si/c1-17(2,3)8-16-7-10(14-15-16)9-5-4-6-11(12)13-9/h4-7H,8H2,1-3H3. The minimum Gasteiger partial charge on any atom is -0.255 e. The molecule has 6 heteroatoms. The highest BCUT2D eigenvalue weighted by Crippen LogP contribution is 2.16. The predicted octanol–water partition coefficient (Wildman–Crippen LogP) is 2.98. The molecule has 0 N–H and O–H groups in total. The number of hydrogen-bond acceptors (Lipinski definition) is 3. The first-order valence-corrected chi connectivity index (χ1v) is 9.97. The largest absolute Gasteiger partial charge is 0.255 e. The highest BCUT2D eigenvalue weighted by molar-refractivity contribution is 9.10. The van der Waals surface area contributed by atoms with Gasteiger partial charge in [-0.25, -0.2) is 4.98 Å². The van der Waals surface area contributed by atoms with E-state index in [1.807, 2.05) is 29.1 Å². The summed E-state index contributed by atoms with van der Waals surface area (Å²) in [6, 6.07) is 5.79. The molecule has 0 radical (unpaired) electrons. The minimum absolute atomic E-state index is 0.815. The first-order chi connectivity index (χ1) is 7.94. The van der Waals surface area contributed by atoms with Gasteiger partial charge in [0.25, 0.3) is 0 Å². The molecule has 0 unspecified atom stereocenters. The van der Waals surface area contributed by atoms with Crippen LogP contribution in [0.25, 0.3) is 11.4 Å². The van der Waals surface area contributed by atoms with E-state index in [1.54, 1.807) is 0 Å². The zero-order valence-electron chi connectivity index (χ0n) is 10.2. The van der Waals surface area contributed by atoms with Crippen molar-refractivity contribution in [2.45, 2.75) is 25.8 Å². The van der Waals surface area contributed by atoms with Crippen LogP contribution in [0.4, 0.5) is 0 Å². The summed E-state index contributed by atoms with van der Waals surface area (Å²) >= 11 is 3.36. The summed E-state index contributed by atoms with van der Waals surface area (Å²) < 4.78 is 2.74. The van der Waals surface area contributed by atoms with E-state index >= 15 is 0 Å². The summed E-state index contributed by atoms with van der Waals surface area (Å²) in [6.45, 7) is 6.93. The quantitative estimate of drug-likeness (QED) is 0.646. The van der Waals surface area contributed by atoms with Gasteiger partial charge in [-0.2, -0.15) is 0 Å². The molecule has 0 atom stereocenters. The smallest absolute Gasteiger partial charge is 0.131 e. The lowest BCUT2D eigenvalue weighted by molar-refractivity contribution is 0.681. The maximum atomic E-state index is 4.37. The molecule has 90 valence electrons. The molecule has 17 heavy (non-hydrogen) atoms. The normalized spacial score (nSPS) is 11.8. The summed E-state index contributed by atoms with van der Waals surface area (Å²) in [7, 11) is -1.17. The minimum atomic E-state index is -1.17. The van der Waals surface area contributed by atoms with Crippen LogP contribution in [0.3, 0.4) is 0 Å². The number of pyridine rings is 1. The lowest BCUT2D eigenvalue weighted by atomic mass is 10.3. The molecule has 0 spiro atoms. The van der Waals surface area contributed by atoms with Crippen LogP contribution in [0.15, 0.2) is 29.0 Å². The molecular weight excluding hydrogens is 296 g/mol. The number of hydrogen-bond donors (Lipinski definition) is 0. The fraction of sp³-hybridized carbons (Fsp3) is 0.364. The third-order valence-corrected chi connectivity index (χ3v) is 3.87. The van der Waals surface area contributed by atoms with Crippen LogP contribution in [-0.2, 0) is 6.17 Å². The number of halogens is 1. The Bertz CT molecular complexity index is 518. The Morgan fingerprint density at radius 3 is 2.65 bits per heavy atom. The van der Waals surface area contributed by atoms with Crippen LogP contribution in [0, 0.1) is 0 Å². The molecule has 0 saturated carbocycles. The Morgan fingerprint density at radius 2 is 2.00 bits per heavy atom. The van der Waals surface area contributed by atoms with Crippen LogP contribution in [0.5, 0.6) is 0 Å². The Hall–Kier alpha value is -1.01. The Kier molecular flexibility index (Phi) is 3.44. The van der Waals surface area contributed by atoms with Crippen molar-refractivity contribution in [3.8, 4) is 11.4 Å². The second-order valence-electron chi connectivity index (χ2n) is 5.21. The van der Waals surface area contributed by atoms with E-state index in [0.29, 0.717) is 0 Å². The molecule has 0 saturated heterocycles. The van der Waals surface area contributed by atoms with Crippen molar-refractivity contribution >= 4 is 24.0 Å². The van der Waals surface area contributed by atoms with E-state index in [0.717, 1.165) is 22.2 Å². The van der Waals surface area contributed by atoms with Crippen LogP contribution in [-0.4, -0.2) is 28.1 Å². The molecule has 0 aliphatic rings. The van der Waals surface area contributed by atoms with E-state index < -0.39 is 8.07 Å². The van der Waals surface area contributed by atoms with E-state index in [4.69, 9.17) is 0 Å². The van der Waals surface area contributed by atoms with Crippen molar-refractivity contribution in [2.24, 2.45) is 0 Å². The Balaban J connectivity index is 2.24. The molecule has 4 nitrogen and oxygen atoms in total. The van der Waals surface area contributed by atoms with Gasteiger partial charge in [-0.15, -0.1) is 5.10 Å². The van der Waals surface area contributed by atoms with Gasteiger partial charge in [-0.3, -0.25) is 4.68 Å². The van der Waals surface area contributed by atoms with Gasteiger partial charge < -0.3 is 0 Å². The van der Waals surface area contributed by atoms with Crippen molar-refractivity contribution in [3.63, 3.8) is 0 Å². The van der Waals surface area contributed by atoms with Gasteiger partial charge in [-0.1, -0.05) is 30.9 Å². The zero-order chi connectivity index (χ0) is 12.5. The van der Waals surface area contributed by atoms with E-state index in [2.05, 4.69) is 50.9 Å². The van der Waals surface area contributed by atoms with Gasteiger partial charge in [0.1, 0.15) is 10.3 Å². The van der Waals surface area contributed by atoms with Crippen LogP contribution >= 0.6 is 15.9 Å². The van der Waals surface area contributed by atoms with Crippen molar-refractivity contribution < 1.29 is 0 Å². The average Bonchev–Trinajstić information content (AvgIpc) is 2.63. The molecule has 0 aliphatic heterocycles. The highest BCUT2D eigenvalue weighted by Gasteiger charge is 2.15. The summed E-state index contributed by atoms with van der Waals surface area (Å²) in [5, 5.41) is 8.32. The second kappa shape index (κ2) is 4.70. The topological polar surface area (TPSA) is 43.6 Å². The summed E-state index contributed by atoms with van der Waals surface area (Å²) in [5.41, 5.74) is 1.67. The summed E-state index contributed by atoms with van der Waals surface area (Å²) in [6.07, 6.45) is 2.95. The maximum Gasteiger partial charge on any atom is 0.131 e. The molecule has 2 heterocycles. The van der Waals surface area contributed by atoms with Gasteiger partial charge in [0, 0.05) is 6.17 Å². The van der Waals surface area contributed by atoms with Crippen molar-refractivity contribution in [2.75, 3.05) is 0 Å². The molecule has 2 aromatic heterocycles. The SMILES string of the molecule is C[Si](C)(C)Cn1cc(-c2cccc(Br)n2)nn1. The average molecular weight is 311 g/mol. The molecule has 0 bridgehead atoms. The Labute approximate surface area is 110 Å². The predicted molar refractivity (Wildman–Crippen MR) is 74.3 cm³/mol. The van der Waals surface area contributed by atoms with Crippen molar-refractivity contribution in [1.82, 2.24) is 20.0 Å². The third kappa shape index (κ3) is 3.47. The van der Waals surface area contributed by atoms with E-state index in [-0.39, 0.29) is 0 Å². The number of aromatic nitrogens is 4. The maximum absolute atomic E-state index is 4.37. The van der Waals surface area contributed by atoms with Gasteiger partial charge in [0.15, 0.2) is 0 Å². The number of nitrogens with zero attached hydrogens (tertiary/aromatic N) is 4. The lowest BCUT2D eigenvalue weighted by Crippen LogP contribution is -2.28. The molecular formula is C11H15BrN4Si. The molecule has 0 fully saturated rings. The fourth-order valence-corrected chi connectivity index (χ4v) is 3.00. The van der Waals surface area contributed by atoms with Gasteiger partial charge in [-0.05, 0) is 28.1 Å². The van der Waals surface area contributed by atoms with Crippen LogP contribution < -0.4 is 0 Å². The van der Waals surface area contributed by atoms with Gasteiger partial charge in [0.05, 0.1) is 20.0 Å². The lowest BCUT2D eigenvalue weighted by Gasteiger charge is -2.14.